The summed E-state index contributed by atoms with van der Waals surface area (Å²) in [6, 6.07) is 11.5. The second-order valence-electron chi connectivity index (χ2n) is 7.20. The van der Waals surface area contributed by atoms with Crippen LogP contribution in [-0.2, 0) is 4.79 Å². The first-order chi connectivity index (χ1) is 12.0. The smallest absolute Gasteiger partial charge is 0.247 e. The third kappa shape index (κ3) is 4.28. The molecule has 0 spiro atoms. The molecule has 3 rings (SSSR count). The molecule has 2 aromatic rings. The summed E-state index contributed by atoms with van der Waals surface area (Å²) in [5.74, 6) is 2.24. The number of nitrogens with one attached hydrogen (secondary N) is 2. The average Bonchev–Trinajstić information content (AvgIpc) is 3.01. The van der Waals surface area contributed by atoms with Crippen molar-refractivity contribution < 1.29 is 9.32 Å². The molecule has 2 N–H and O–H groups in total. The molecule has 1 aliphatic rings. The van der Waals surface area contributed by atoms with Gasteiger partial charge in [0.25, 0.3) is 0 Å². The zero-order valence-corrected chi connectivity index (χ0v) is 15.2. The van der Waals surface area contributed by atoms with E-state index in [1.54, 1.807) is 13.0 Å². The highest BCUT2D eigenvalue weighted by molar-refractivity contribution is 5.94. The van der Waals surface area contributed by atoms with Crippen molar-refractivity contribution in [1.29, 1.82) is 0 Å². The summed E-state index contributed by atoms with van der Waals surface area (Å²) in [4.78, 5) is 12.9. The fourth-order valence-corrected chi connectivity index (χ4v) is 3.62. The minimum absolute atomic E-state index is 0.107. The molecule has 1 aromatic heterocycles. The summed E-state index contributed by atoms with van der Waals surface area (Å²) >= 11 is 0. The molecule has 1 aliphatic carbocycles. The van der Waals surface area contributed by atoms with Gasteiger partial charge in [-0.3, -0.25) is 10.1 Å². The number of aryl methyl sites for hydroxylation is 1. The van der Waals surface area contributed by atoms with Crippen LogP contribution in [0, 0.1) is 18.8 Å². The van der Waals surface area contributed by atoms with Crippen molar-refractivity contribution in [2.75, 3.05) is 5.32 Å². The summed E-state index contributed by atoms with van der Waals surface area (Å²) in [7, 11) is 0. The van der Waals surface area contributed by atoms with Crippen molar-refractivity contribution in [3.8, 4) is 0 Å². The van der Waals surface area contributed by atoms with Crippen LogP contribution >= 0.6 is 0 Å². The molecular formula is C20H27N3O2. The molecule has 4 atom stereocenters. The van der Waals surface area contributed by atoms with Gasteiger partial charge in [-0.25, -0.2) is 0 Å². The van der Waals surface area contributed by atoms with Crippen LogP contribution in [-0.4, -0.2) is 17.1 Å². The number of hydrogen-bond acceptors (Lipinski definition) is 4. The van der Waals surface area contributed by atoms with E-state index in [1.165, 1.54) is 12.8 Å². The van der Waals surface area contributed by atoms with E-state index in [0.29, 0.717) is 29.5 Å². The van der Waals surface area contributed by atoms with Gasteiger partial charge in [0.1, 0.15) is 11.8 Å². The van der Waals surface area contributed by atoms with Crippen LogP contribution in [0.5, 0.6) is 0 Å². The van der Waals surface area contributed by atoms with Gasteiger partial charge in [-0.15, -0.1) is 0 Å². The minimum Gasteiger partial charge on any atom is -0.360 e. The zero-order chi connectivity index (χ0) is 17.8. The van der Waals surface area contributed by atoms with Crippen molar-refractivity contribution in [2.24, 2.45) is 11.8 Å². The Morgan fingerprint density at radius 3 is 2.68 bits per heavy atom. The summed E-state index contributed by atoms with van der Waals surface area (Å²) in [5, 5.41) is 10.4. The fourth-order valence-electron chi connectivity index (χ4n) is 3.62. The summed E-state index contributed by atoms with van der Waals surface area (Å²) < 4.78 is 5.05. The first-order valence-corrected chi connectivity index (χ1v) is 9.10. The molecule has 0 unspecified atom stereocenters. The number of carbonyl (C=O) groups excluding carboxylic acids is 1. The number of rotatable bonds is 5. The van der Waals surface area contributed by atoms with Crippen LogP contribution in [0.25, 0.3) is 0 Å². The van der Waals surface area contributed by atoms with E-state index in [2.05, 4.69) is 29.6 Å². The van der Waals surface area contributed by atoms with Crippen LogP contribution in [0.3, 0.4) is 0 Å². The van der Waals surface area contributed by atoms with Gasteiger partial charge in [-0.1, -0.05) is 62.2 Å². The highest BCUT2D eigenvalue weighted by Gasteiger charge is 2.31. The van der Waals surface area contributed by atoms with E-state index in [0.717, 1.165) is 12.0 Å². The Bertz CT molecular complexity index is 698. The highest BCUT2D eigenvalue weighted by Crippen LogP contribution is 2.31. The van der Waals surface area contributed by atoms with Crippen LogP contribution in [0.15, 0.2) is 40.9 Å². The Morgan fingerprint density at radius 1 is 1.24 bits per heavy atom. The minimum atomic E-state index is -0.407. The van der Waals surface area contributed by atoms with Crippen molar-refractivity contribution in [3.05, 3.63) is 47.7 Å². The van der Waals surface area contributed by atoms with Crippen LogP contribution in [0.4, 0.5) is 5.82 Å². The lowest BCUT2D eigenvalue weighted by atomic mass is 9.77. The van der Waals surface area contributed by atoms with Gasteiger partial charge in [0.15, 0.2) is 5.82 Å². The van der Waals surface area contributed by atoms with E-state index in [-0.39, 0.29) is 5.91 Å². The number of hydrogen-bond donors (Lipinski definition) is 2. The lowest BCUT2D eigenvalue weighted by Gasteiger charge is -2.37. The lowest BCUT2D eigenvalue weighted by Crippen LogP contribution is -2.45. The van der Waals surface area contributed by atoms with E-state index >= 15 is 0 Å². The van der Waals surface area contributed by atoms with Gasteiger partial charge in [0.2, 0.25) is 5.91 Å². The summed E-state index contributed by atoms with van der Waals surface area (Å²) in [6.45, 7) is 6.39. The molecule has 1 saturated carbocycles. The standard InChI is InChI=1S/C20H27N3O2/c1-13-8-7-11-17(15(13)3)21-19(16-9-5-4-6-10-16)20(24)22-18-12-14(2)25-23-18/h4-6,9-10,12-13,15,17,19,21H,7-8,11H2,1-3H3,(H,22,23,24)/t13-,15+,17+,19+/m0/s1. The molecule has 1 fully saturated rings. The molecule has 0 aliphatic heterocycles. The predicted octanol–water partition coefficient (Wildman–Crippen LogP) is 4.08. The Morgan fingerprint density at radius 2 is 2.00 bits per heavy atom. The van der Waals surface area contributed by atoms with Crippen LogP contribution in [0.2, 0.25) is 0 Å². The number of carbonyl (C=O) groups is 1. The van der Waals surface area contributed by atoms with E-state index in [1.807, 2.05) is 30.3 Å². The maximum Gasteiger partial charge on any atom is 0.247 e. The Balaban J connectivity index is 1.78. The Hall–Kier alpha value is -2.14. The monoisotopic (exact) mass is 341 g/mol. The SMILES string of the molecule is Cc1cc(NC(=O)[C@H](N[C@@H]2CCC[C@H](C)[C@H]2C)c2ccccc2)no1. The number of amides is 1. The van der Waals surface area contributed by atoms with Crippen molar-refractivity contribution >= 4 is 11.7 Å². The van der Waals surface area contributed by atoms with Crippen molar-refractivity contribution in [3.63, 3.8) is 0 Å². The number of aromatic nitrogens is 1. The van der Waals surface area contributed by atoms with Gasteiger partial charge in [0, 0.05) is 12.1 Å². The third-order valence-corrected chi connectivity index (χ3v) is 5.36. The molecule has 0 saturated heterocycles. The highest BCUT2D eigenvalue weighted by atomic mass is 16.5. The lowest BCUT2D eigenvalue weighted by molar-refractivity contribution is -0.118. The third-order valence-electron chi connectivity index (χ3n) is 5.36. The van der Waals surface area contributed by atoms with Gasteiger partial charge in [0.05, 0.1) is 0 Å². The van der Waals surface area contributed by atoms with Crippen LogP contribution < -0.4 is 10.6 Å². The second-order valence-corrected chi connectivity index (χ2v) is 7.20. The van der Waals surface area contributed by atoms with Gasteiger partial charge in [-0.2, -0.15) is 0 Å². The van der Waals surface area contributed by atoms with E-state index in [9.17, 15) is 4.79 Å². The van der Waals surface area contributed by atoms with Crippen LogP contribution in [0.1, 0.15) is 50.5 Å². The molecule has 134 valence electrons. The molecule has 0 radical (unpaired) electrons. The maximum atomic E-state index is 12.9. The molecule has 1 aromatic carbocycles. The van der Waals surface area contributed by atoms with Crippen molar-refractivity contribution in [2.45, 2.75) is 52.1 Å². The van der Waals surface area contributed by atoms with Gasteiger partial charge >= 0.3 is 0 Å². The number of anilines is 1. The Kier molecular flexibility index (Phi) is 5.53. The normalized spacial score (nSPS) is 24.7. The first-order valence-electron chi connectivity index (χ1n) is 9.10. The summed E-state index contributed by atoms with van der Waals surface area (Å²) in [6.07, 6.45) is 3.57. The van der Waals surface area contributed by atoms with Gasteiger partial charge < -0.3 is 9.84 Å². The molecule has 5 heteroatoms. The molecule has 1 heterocycles. The van der Waals surface area contributed by atoms with E-state index < -0.39 is 6.04 Å². The average molecular weight is 341 g/mol. The predicted molar refractivity (Wildman–Crippen MR) is 98.2 cm³/mol. The summed E-state index contributed by atoms with van der Waals surface area (Å²) in [5.41, 5.74) is 0.964. The number of benzene rings is 1. The maximum absolute atomic E-state index is 12.9. The topological polar surface area (TPSA) is 67.2 Å². The molecule has 25 heavy (non-hydrogen) atoms. The Labute approximate surface area is 149 Å². The molecule has 5 nitrogen and oxygen atoms in total. The number of nitrogens with zero attached hydrogens (tertiary/aromatic N) is 1. The molecule has 0 bridgehead atoms. The van der Waals surface area contributed by atoms with E-state index in [4.69, 9.17) is 4.52 Å². The van der Waals surface area contributed by atoms with Gasteiger partial charge in [-0.05, 0) is 30.7 Å². The molecular weight excluding hydrogens is 314 g/mol. The zero-order valence-electron chi connectivity index (χ0n) is 15.2. The second kappa shape index (κ2) is 7.83. The largest absolute Gasteiger partial charge is 0.360 e. The van der Waals surface area contributed by atoms with Crippen molar-refractivity contribution in [1.82, 2.24) is 10.5 Å². The first kappa shape index (κ1) is 17.7. The fraction of sp³-hybridized carbons (Fsp3) is 0.500. The molecule has 1 amide bonds. The quantitative estimate of drug-likeness (QED) is 0.860.